The number of hydrogen-bond acceptors (Lipinski definition) is 6. The molecule has 0 radical (unpaired) electrons. The number of carbonyl (C=O) groups excluding carboxylic acids is 1. The molecule has 0 saturated carbocycles. The molecule has 30 heavy (non-hydrogen) atoms. The number of benzene rings is 2. The summed E-state index contributed by atoms with van der Waals surface area (Å²) in [5, 5.41) is 3.78. The molecule has 1 amide bonds. The van der Waals surface area contributed by atoms with Gasteiger partial charge in [0, 0.05) is 18.0 Å². The Morgan fingerprint density at radius 3 is 2.40 bits per heavy atom. The van der Waals surface area contributed by atoms with Crippen LogP contribution < -0.4 is 24.4 Å². The van der Waals surface area contributed by atoms with Crippen LogP contribution in [0.15, 0.2) is 54.7 Å². The lowest BCUT2D eigenvalue weighted by atomic mass is 10.2. The van der Waals surface area contributed by atoms with Crippen LogP contribution in [0, 0.1) is 0 Å². The van der Waals surface area contributed by atoms with E-state index in [1.165, 1.54) is 7.11 Å². The number of methoxy groups -OCH3 is 3. The quantitative estimate of drug-likeness (QED) is 0.625. The summed E-state index contributed by atoms with van der Waals surface area (Å²) in [5.41, 5.74) is 2.46. The number of rotatable bonds is 6. The molecule has 7 nitrogen and oxygen atoms in total. The van der Waals surface area contributed by atoms with Gasteiger partial charge in [0.15, 0.2) is 6.17 Å². The van der Waals surface area contributed by atoms with Crippen molar-refractivity contribution in [3.63, 3.8) is 0 Å². The Bertz CT molecular complexity index is 1090. The highest BCUT2D eigenvalue weighted by molar-refractivity contribution is 6.32. The zero-order valence-corrected chi connectivity index (χ0v) is 17.4. The van der Waals surface area contributed by atoms with E-state index in [0.29, 0.717) is 44.9 Å². The first kappa shape index (κ1) is 19.8. The molecule has 0 saturated heterocycles. The molecular formula is C22H20ClN3O4. The number of nitrogens with one attached hydrogen (secondary N) is 1. The summed E-state index contributed by atoms with van der Waals surface area (Å²) in [4.78, 5) is 19.3. The normalized spacial score (nSPS) is 15.0. The third kappa shape index (κ3) is 3.37. The smallest absolute Gasteiger partial charge is 0.262 e. The number of halogens is 1. The maximum absolute atomic E-state index is 13.2. The van der Waals surface area contributed by atoms with Crippen LogP contribution in [0.4, 0.5) is 11.4 Å². The van der Waals surface area contributed by atoms with E-state index in [1.54, 1.807) is 61.7 Å². The lowest BCUT2D eigenvalue weighted by molar-refractivity contribution is 0.0993. The van der Waals surface area contributed by atoms with Crippen LogP contribution in [-0.4, -0.2) is 32.2 Å². The summed E-state index contributed by atoms with van der Waals surface area (Å²) in [7, 11) is 4.69. The number of anilines is 2. The highest BCUT2D eigenvalue weighted by Crippen LogP contribution is 2.41. The lowest BCUT2D eigenvalue weighted by Crippen LogP contribution is -2.32. The Kier molecular flexibility index (Phi) is 5.37. The van der Waals surface area contributed by atoms with Gasteiger partial charge < -0.3 is 19.5 Å². The largest absolute Gasteiger partial charge is 0.497 e. The standard InChI is InChI=1S/C22H20ClN3O4/c1-28-14-8-6-13(7-9-14)26-21(20-15(22(26)27)5-4-10-24-20)25-17-11-16(23)18(29-2)12-19(17)30-3/h4-12,21,25H,1-3H3/t21-/m0/s1. The van der Waals surface area contributed by atoms with Gasteiger partial charge in [-0.05, 0) is 42.5 Å². The molecule has 0 aliphatic carbocycles. The number of fused-ring (bicyclic) bond motifs is 1. The zero-order valence-electron chi connectivity index (χ0n) is 16.7. The summed E-state index contributed by atoms with van der Waals surface area (Å²) in [5.74, 6) is 1.57. The zero-order chi connectivity index (χ0) is 21.3. The molecule has 1 aromatic heterocycles. The van der Waals surface area contributed by atoms with Crippen molar-refractivity contribution in [1.29, 1.82) is 0 Å². The van der Waals surface area contributed by atoms with Crippen molar-refractivity contribution >= 4 is 28.9 Å². The third-order valence-corrected chi connectivity index (χ3v) is 5.22. The first-order valence-corrected chi connectivity index (χ1v) is 9.55. The van der Waals surface area contributed by atoms with E-state index in [2.05, 4.69) is 10.3 Å². The van der Waals surface area contributed by atoms with Crippen LogP contribution in [0.1, 0.15) is 22.2 Å². The molecule has 0 fully saturated rings. The number of pyridine rings is 1. The van der Waals surface area contributed by atoms with Gasteiger partial charge >= 0.3 is 0 Å². The molecule has 0 unspecified atom stereocenters. The number of nitrogens with zero attached hydrogens (tertiary/aromatic N) is 2. The minimum Gasteiger partial charge on any atom is -0.497 e. The first-order valence-electron chi connectivity index (χ1n) is 9.18. The van der Waals surface area contributed by atoms with Gasteiger partial charge in [-0.15, -0.1) is 0 Å². The predicted molar refractivity (Wildman–Crippen MR) is 115 cm³/mol. The van der Waals surface area contributed by atoms with E-state index in [1.807, 2.05) is 12.1 Å². The fourth-order valence-corrected chi connectivity index (χ4v) is 3.69. The van der Waals surface area contributed by atoms with E-state index in [9.17, 15) is 4.79 Å². The van der Waals surface area contributed by atoms with Crippen molar-refractivity contribution in [1.82, 2.24) is 4.98 Å². The third-order valence-electron chi connectivity index (χ3n) is 4.92. The number of aromatic nitrogens is 1. The molecule has 3 aromatic rings. The van der Waals surface area contributed by atoms with E-state index in [-0.39, 0.29) is 5.91 Å². The summed E-state index contributed by atoms with van der Waals surface area (Å²) in [6, 6.07) is 14.2. The van der Waals surface area contributed by atoms with Crippen LogP contribution in [0.2, 0.25) is 5.02 Å². The van der Waals surface area contributed by atoms with E-state index in [0.717, 1.165) is 0 Å². The van der Waals surface area contributed by atoms with Gasteiger partial charge in [-0.2, -0.15) is 0 Å². The fraction of sp³-hybridized carbons (Fsp3) is 0.182. The highest BCUT2D eigenvalue weighted by Gasteiger charge is 2.39. The topological polar surface area (TPSA) is 72.9 Å². The summed E-state index contributed by atoms with van der Waals surface area (Å²) < 4.78 is 16.0. The van der Waals surface area contributed by atoms with Gasteiger partial charge in [-0.3, -0.25) is 14.7 Å². The average molecular weight is 426 g/mol. The minimum absolute atomic E-state index is 0.153. The van der Waals surface area contributed by atoms with Crippen molar-refractivity contribution in [2.75, 3.05) is 31.5 Å². The molecule has 2 heterocycles. The van der Waals surface area contributed by atoms with Gasteiger partial charge in [0.1, 0.15) is 17.2 Å². The van der Waals surface area contributed by atoms with Crippen molar-refractivity contribution in [2.45, 2.75) is 6.17 Å². The number of hydrogen-bond donors (Lipinski definition) is 1. The number of ether oxygens (including phenoxy) is 3. The maximum Gasteiger partial charge on any atom is 0.262 e. The number of amides is 1. The van der Waals surface area contributed by atoms with Crippen molar-refractivity contribution in [3.05, 3.63) is 71.0 Å². The van der Waals surface area contributed by atoms with Crippen LogP contribution in [-0.2, 0) is 0 Å². The van der Waals surface area contributed by atoms with Gasteiger partial charge in [0.2, 0.25) is 0 Å². The Morgan fingerprint density at radius 1 is 1.00 bits per heavy atom. The molecular weight excluding hydrogens is 406 g/mol. The van der Waals surface area contributed by atoms with Gasteiger partial charge in [-0.1, -0.05) is 11.6 Å². The summed E-state index contributed by atoms with van der Waals surface area (Å²) in [6.45, 7) is 0. The molecule has 2 aromatic carbocycles. The summed E-state index contributed by atoms with van der Waals surface area (Å²) >= 11 is 6.33. The first-order chi connectivity index (χ1) is 14.6. The monoisotopic (exact) mass is 425 g/mol. The molecule has 1 atom stereocenters. The maximum atomic E-state index is 13.2. The van der Waals surface area contributed by atoms with Crippen LogP contribution in [0.25, 0.3) is 0 Å². The molecule has 0 bridgehead atoms. The second-order valence-corrected chi connectivity index (χ2v) is 6.95. The Labute approximate surface area is 179 Å². The molecule has 8 heteroatoms. The fourth-order valence-electron chi connectivity index (χ4n) is 3.45. The van der Waals surface area contributed by atoms with Crippen molar-refractivity contribution in [3.8, 4) is 17.2 Å². The highest BCUT2D eigenvalue weighted by atomic mass is 35.5. The van der Waals surface area contributed by atoms with Crippen molar-refractivity contribution < 1.29 is 19.0 Å². The van der Waals surface area contributed by atoms with Crippen molar-refractivity contribution in [2.24, 2.45) is 0 Å². The van der Waals surface area contributed by atoms with Crippen LogP contribution in [0.3, 0.4) is 0 Å². The molecule has 1 aliphatic heterocycles. The van der Waals surface area contributed by atoms with E-state index >= 15 is 0 Å². The second kappa shape index (κ2) is 8.12. The number of carbonyl (C=O) groups is 1. The Morgan fingerprint density at radius 2 is 1.73 bits per heavy atom. The lowest BCUT2D eigenvalue weighted by Gasteiger charge is -2.27. The molecule has 0 spiro atoms. The Hall–Kier alpha value is -3.45. The molecule has 4 rings (SSSR count). The van der Waals surface area contributed by atoms with Crippen LogP contribution >= 0.6 is 11.6 Å². The Balaban J connectivity index is 1.78. The summed E-state index contributed by atoms with van der Waals surface area (Å²) in [6.07, 6.45) is 1.11. The minimum atomic E-state index is -0.555. The molecule has 1 N–H and O–H groups in total. The van der Waals surface area contributed by atoms with Gasteiger partial charge in [0.25, 0.3) is 5.91 Å². The molecule has 154 valence electrons. The van der Waals surface area contributed by atoms with E-state index in [4.69, 9.17) is 25.8 Å². The SMILES string of the molecule is COc1ccc(N2C(=O)c3cccnc3[C@H]2Nc2cc(Cl)c(OC)cc2OC)cc1. The average Bonchev–Trinajstić information content (AvgIpc) is 3.06. The predicted octanol–water partition coefficient (Wildman–Crippen LogP) is 4.53. The molecule has 1 aliphatic rings. The van der Waals surface area contributed by atoms with Gasteiger partial charge in [-0.25, -0.2) is 0 Å². The van der Waals surface area contributed by atoms with Gasteiger partial charge in [0.05, 0.1) is 43.3 Å². The van der Waals surface area contributed by atoms with Crippen LogP contribution in [0.5, 0.6) is 17.2 Å². The second-order valence-electron chi connectivity index (χ2n) is 6.54. The van der Waals surface area contributed by atoms with E-state index < -0.39 is 6.17 Å².